The van der Waals surface area contributed by atoms with Crippen molar-refractivity contribution >= 4 is 5.78 Å². The third kappa shape index (κ3) is 5.07. The second-order valence-corrected chi connectivity index (χ2v) is 5.94. The molecule has 0 aromatic rings. The van der Waals surface area contributed by atoms with Crippen molar-refractivity contribution < 1.29 is 9.53 Å². The van der Waals surface area contributed by atoms with E-state index in [-0.39, 0.29) is 18.3 Å². The van der Waals surface area contributed by atoms with Crippen molar-refractivity contribution in [1.82, 2.24) is 4.90 Å². The van der Waals surface area contributed by atoms with Crippen molar-refractivity contribution in [3.8, 4) is 0 Å². The molecule has 1 aliphatic rings. The molecule has 0 heterocycles. The van der Waals surface area contributed by atoms with Crippen molar-refractivity contribution in [2.45, 2.75) is 65.5 Å². The molecule has 0 amide bonds. The van der Waals surface area contributed by atoms with Gasteiger partial charge in [0.2, 0.25) is 0 Å². The summed E-state index contributed by atoms with van der Waals surface area (Å²) in [5.74, 6) is 0.285. The first kappa shape index (κ1) is 15.6. The van der Waals surface area contributed by atoms with Crippen molar-refractivity contribution in [3.05, 3.63) is 0 Å². The Kier molecular flexibility index (Phi) is 6.87. The highest BCUT2D eigenvalue weighted by molar-refractivity contribution is 5.81. The van der Waals surface area contributed by atoms with Gasteiger partial charge in [0.25, 0.3) is 0 Å². The van der Waals surface area contributed by atoms with Gasteiger partial charge in [0, 0.05) is 24.5 Å². The summed E-state index contributed by atoms with van der Waals surface area (Å²) in [6, 6.07) is 1.30. The number of nitrogens with zero attached hydrogens (tertiary/aromatic N) is 1. The second-order valence-electron chi connectivity index (χ2n) is 5.94. The lowest BCUT2D eigenvalue weighted by atomic mass is 10.1. The van der Waals surface area contributed by atoms with E-state index in [1.807, 2.05) is 13.8 Å². The maximum atomic E-state index is 11.4. The van der Waals surface area contributed by atoms with Crippen molar-refractivity contribution in [3.63, 3.8) is 0 Å². The smallest absolute Gasteiger partial charge is 0.160 e. The normalized spacial score (nSPS) is 17.3. The van der Waals surface area contributed by atoms with Crippen LogP contribution in [0.15, 0.2) is 0 Å². The molecule has 3 nitrogen and oxygen atoms in total. The van der Waals surface area contributed by atoms with Crippen LogP contribution >= 0.6 is 0 Å². The minimum Gasteiger partial charge on any atom is -0.372 e. The summed E-state index contributed by atoms with van der Waals surface area (Å²) < 4.78 is 5.51. The van der Waals surface area contributed by atoms with E-state index in [4.69, 9.17) is 4.74 Å². The van der Waals surface area contributed by atoms with Crippen LogP contribution in [0.2, 0.25) is 0 Å². The van der Waals surface area contributed by atoms with Gasteiger partial charge in [0.15, 0.2) is 5.78 Å². The molecule has 0 unspecified atom stereocenters. The molecule has 1 saturated carbocycles. The van der Waals surface area contributed by atoms with E-state index >= 15 is 0 Å². The first-order chi connectivity index (χ1) is 8.52. The highest BCUT2D eigenvalue weighted by atomic mass is 16.5. The van der Waals surface area contributed by atoms with E-state index < -0.39 is 0 Å². The summed E-state index contributed by atoms with van der Waals surface area (Å²) in [5.41, 5.74) is 0. The van der Waals surface area contributed by atoms with Gasteiger partial charge >= 0.3 is 0 Å². The summed E-state index contributed by atoms with van der Waals surface area (Å²) in [6.45, 7) is 10.2. The summed E-state index contributed by atoms with van der Waals surface area (Å²) in [6.07, 6.45) is 5.37. The number of carbonyl (C=O) groups excluding carboxylic acids is 1. The monoisotopic (exact) mass is 255 g/mol. The maximum absolute atomic E-state index is 11.4. The van der Waals surface area contributed by atoms with Crippen LogP contribution in [0.5, 0.6) is 0 Å². The second kappa shape index (κ2) is 7.90. The fourth-order valence-electron chi connectivity index (χ4n) is 2.61. The molecule has 3 heteroatoms. The molecule has 0 atom stereocenters. The van der Waals surface area contributed by atoms with E-state index in [1.165, 1.54) is 25.7 Å². The Morgan fingerprint density at radius 1 is 1.22 bits per heavy atom. The molecule has 106 valence electrons. The number of hydrogen-bond donors (Lipinski definition) is 0. The van der Waals surface area contributed by atoms with Crippen molar-refractivity contribution in [2.75, 3.05) is 19.8 Å². The molecule has 1 aliphatic carbocycles. The number of ketones is 1. The Bertz CT molecular complexity index is 245. The summed E-state index contributed by atoms with van der Waals surface area (Å²) >= 11 is 0. The SMILES string of the molecule is CC(C)C(=O)COCCN(C(C)C)C1CCCC1. The van der Waals surface area contributed by atoms with Gasteiger partial charge in [-0.1, -0.05) is 26.7 Å². The Labute approximate surface area is 112 Å². The quantitative estimate of drug-likeness (QED) is 0.625. The van der Waals surface area contributed by atoms with Crippen LogP contribution < -0.4 is 0 Å². The zero-order chi connectivity index (χ0) is 13.5. The largest absolute Gasteiger partial charge is 0.372 e. The molecular formula is C15H29NO2. The van der Waals surface area contributed by atoms with Crippen LogP contribution in [0.4, 0.5) is 0 Å². The number of carbonyl (C=O) groups is 1. The van der Waals surface area contributed by atoms with Crippen molar-refractivity contribution in [2.24, 2.45) is 5.92 Å². The van der Waals surface area contributed by atoms with E-state index in [9.17, 15) is 4.79 Å². The third-order valence-corrected chi connectivity index (χ3v) is 3.84. The Morgan fingerprint density at radius 2 is 1.83 bits per heavy atom. The average Bonchev–Trinajstić information content (AvgIpc) is 2.81. The van der Waals surface area contributed by atoms with Gasteiger partial charge < -0.3 is 4.74 Å². The van der Waals surface area contributed by atoms with E-state index in [2.05, 4.69) is 18.7 Å². The van der Waals surface area contributed by atoms with E-state index in [0.717, 1.165) is 12.6 Å². The minimum atomic E-state index is 0.0843. The van der Waals surface area contributed by atoms with Gasteiger partial charge in [-0.3, -0.25) is 9.69 Å². The lowest BCUT2D eigenvalue weighted by molar-refractivity contribution is -0.126. The fraction of sp³-hybridized carbons (Fsp3) is 0.933. The Morgan fingerprint density at radius 3 is 2.33 bits per heavy atom. The predicted molar refractivity (Wildman–Crippen MR) is 74.8 cm³/mol. The van der Waals surface area contributed by atoms with Gasteiger partial charge in [0.1, 0.15) is 6.61 Å². The number of hydrogen-bond acceptors (Lipinski definition) is 3. The zero-order valence-corrected chi connectivity index (χ0v) is 12.4. The van der Waals surface area contributed by atoms with Crippen LogP contribution in [0, 0.1) is 5.92 Å². The zero-order valence-electron chi connectivity index (χ0n) is 12.4. The van der Waals surface area contributed by atoms with Gasteiger partial charge in [-0.15, -0.1) is 0 Å². The van der Waals surface area contributed by atoms with Crippen LogP contribution in [-0.4, -0.2) is 42.5 Å². The summed E-state index contributed by atoms with van der Waals surface area (Å²) in [7, 11) is 0. The van der Waals surface area contributed by atoms with Crippen molar-refractivity contribution in [1.29, 1.82) is 0 Å². The van der Waals surface area contributed by atoms with Gasteiger partial charge in [-0.25, -0.2) is 0 Å². The first-order valence-corrected chi connectivity index (χ1v) is 7.38. The molecule has 0 aliphatic heterocycles. The molecular weight excluding hydrogens is 226 g/mol. The lowest BCUT2D eigenvalue weighted by Gasteiger charge is -2.32. The standard InChI is InChI=1S/C15H29NO2/c1-12(2)15(17)11-18-10-9-16(13(3)4)14-7-5-6-8-14/h12-14H,5-11H2,1-4H3. The maximum Gasteiger partial charge on any atom is 0.160 e. The summed E-state index contributed by atoms with van der Waals surface area (Å²) in [5, 5.41) is 0. The lowest BCUT2D eigenvalue weighted by Crippen LogP contribution is -2.41. The van der Waals surface area contributed by atoms with E-state index in [1.54, 1.807) is 0 Å². The van der Waals surface area contributed by atoms with Gasteiger partial charge in [-0.05, 0) is 26.7 Å². The van der Waals surface area contributed by atoms with Crippen LogP contribution in [0.3, 0.4) is 0 Å². The average molecular weight is 255 g/mol. The molecule has 0 aromatic carbocycles. The number of Topliss-reactive ketones (excluding diaryl/α,β-unsaturated/α-hetero) is 1. The first-order valence-electron chi connectivity index (χ1n) is 7.38. The molecule has 0 saturated heterocycles. The van der Waals surface area contributed by atoms with E-state index in [0.29, 0.717) is 12.6 Å². The topological polar surface area (TPSA) is 29.5 Å². The van der Waals surface area contributed by atoms with Gasteiger partial charge in [-0.2, -0.15) is 0 Å². The molecule has 0 radical (unpaired) electrons. The minimum absolute atomic E-state index is 0.0843. The van der Waals surface area contributed by atoms with Crippen LogP contribution in [-0.2, 0) is 9.53 Å². The molecule has 1 fully saturated rings. The van der Waals surface area contributed by atoms with Gasteiger partial charge in [0.05, 0.1) is 6.61 Å². The molecule has 18 heavy (non-hydrogen) atoms. The molecule has 0 aromatic heterocycles. The molecule has 0 bridgehead atoms. The molecule has 0 spiro atoms. The molecule has 1 rings (SSSR count). The van der Waals surface area contributed by atoms with Crippen LogP contribution in [0.25, 0.3) is 0 Å². The number of ether oxygens (including phenoxy) is 1. The van der Waals surface area contributed by atoms with Crippen LogP contribution in [0.1, 0.15) is 53.4 Å². The predicted octanol–water partition coefficient (Wildman–Crippen LogP) is 2.88. The summed E-state index contributed by atoms with van der Waals surface area (Å²) in [4.78, 5) is 14.0. The Hall–Kier alpha value is -0.410. The Balaban J connectivity index is 2.23. The number of rotatable bonds is 8. The third-order valence-electron chi connectivity index (χ3n) is 3.84. The fourth-order valence-corrected chi connectivity index (χ4v) is 2.61. The highest BCUT2D eigenvalue weighted by Gasteiger charge is 2.24. The molecule has 0 N–H and O–H groups in total. The highest BCUT2D eigenvalue weighted by Crippen LogP contribution is 2.24.